The van der Waals surface area contributed by atoms with Crippen molar-refractivity contribution in [2.75, 3.05) is 12.3 Å². The highest BCUT2D eigenvalue weighted by molar-refractivity contribution is 5.28. The Balaban J connectivity index is 2.79. The average Bonchev–Trinajstić information content (AvgIpc) is 2.30. The number of nitrogens with two attached hydrogens (primary N) is 1. The highest BCUT2D eigenvalue weighted by Crippen LogP contribution is 2.18. The van der Waals surface area contributed by atoms with E-state index in [4.69, 9.17) is 10.8 Å². The highest BCUT2D eigenvalue weighted by Gasteiger charge is 2.18. The van der Waals surface area contributed by atoms with Gasteiger partial charge in [-0.1, -0.05) is 13.8 Å². The maximum atomic E-state index is 9.08. The van der Waals surface area contributed by atoms with Gasteiger partial charge in [-0.15, -0.1) is 0 Å². The Bertz CT molecular complexity index is 291. The van der Waals surface area contributed by atoms with Crippen LogP contribution in [0.1, 0.15) is 19.5 Å². The molecule has 0 unspecified atom stereocenters. The van der Waals surface area contributed by atoms with Crippen LogP contribution in [0, 0.1) is 12.3 Å². The van der Waals surface area contributed by atoms with Crippen molar-refractivity contribution in [1.82, 2.24) is 9.78 Å². The van der Waals surface area contributed by atoms with Crippen LogP contribution in [-0.4, -0.2) is 21.5 Å². The van der Waals surface area contributed by atoms with E-state index in [1.54, 1.807) is 0 Å². The first-order valence-electron chi connectivity index (χ1n) is 4.35. The second-order valence-electron chi connectivity index (χ2n) is 4.19. The fourth-order valence-corrected chi connectivity index (χ4v) is 1.15. The molecular weight excluding hydrogens is 166 g/mol. The van der Waals surface area contributed by atoms with E-state index in [2.05, 4.69) is 5.10 Å². The number of nitrogen functional groups attached to an aromatic ring is 1. The maximum Gasteiger partial charge on any atom is 0.145 e. The van der Waals surface area contributed by atoms with Gasteiger partial charge in [0.15, 0.2) is 0 Å². The van der Waals surface area contributed by atoms with Gasteiger partial charge in [-0.3, -0.25) is 4.68 Å². The van der Waals surface area contributed by atoms with Gasteiger partial charge in [-0.25, -0.2) is 0 Å². The summed E-state index contributed by atoms with van der Waals surface area (Å²) >= 11 is 0. The average molecular weight is 183 g/mol. The molecule has 0 aliphatic heterocycles. The van der Waals surface area contributed by atoms with E-state index in [0.29, 0.717) is 12.4 Å². The Morgan fingerprint density at radius 2 is 2.23 bits per heavy atom. The van der Waals surface area contributed by atoms with Gasteiger partial charge in [-0.2, -0.15) is 5.10 Å². The van der Waals surface area contributed by atoms with E-state index >= 15 is 0 Å². The van der Waals surface area contributed by atoms with Crippen molar-refractivity contribution in [3.05, 3.63) is 11.8 Å². The van der Waals surface area contributed by atoms with Crippen LogP contribution in [-0.2, 0) is 6.54 Å². The zero-order valence-corrected chi connectivity index (χ0v) is 8.41. The molecule has 0 saturated carbocycles. The van der Waals surface area contributed by atoms with E-state index in [1.807, 2.05) is 31.5 Å². The van der Waals surface area contributed by atoms with Gasteiger partial charge in [0.2, 0.25) is 0 Å². The van der Waals surface area contributed by atoms with Gasteiger partial charge >= 0.3 is 0 Å². The third-order valence-electron chi connectivity index (χ3n) is 2.01. The standard InChI is InChI=1S/C9H17N3O/c1-7-4-8(10)11-12(7)5-9(2,3)6-13/h4,13H,5-6H2,1-3H3,(H2,10,11). The van der Waals surface area contributed by atoms with Gasteiger partial charge in [0.05, 0.1) is 0 Å². The molecule has 3 N–H and O–H groups in total. The van der Waals surface area contributed by atoms with E-state index in [1.165, 1.54) is 0 Å². The molecule has 0 aliphatic carbocycles. The maximum absolute atomic E-state index is 9.08. The molecule has 1 aromatic rings. The lowest BCUT2D eigenvalue weighted by molar-refractivity contribution is 0.136. The number of hydrogen-bond acceptors (Lipinski definition) is 3. The second-order valence-corrected chi connectivity index (χ2v) is 4.19. The number of aromatic nitrogens is 2. The number of aryl methyl sites for hydroxylation is 1. The van der Waals surface area contributed by atoms with Gasteiger partial charge in [0, 0.05) is 30.3 Å². The SMILES string of the molecule is Cc1cc(N)nn1CC(C)(C)CO. The molecule has 0 fully saturated rings. The van der Waals surface area contributed by atoms with Gasteiger partial charge in [-0.05, 0) is 6.92 Å². The first-order chi connectivity index (χ1) is 5.94. The Hall–Kier alpha value is -1.03. The predicted molar refractivity (Wildman–Crippen MR) is 52.2 cm³/mol. The third-order valence-corrected chi connectivity index (χ3v) is 2.01. The van der Waals surface area contributed by atoms with Crippen LogP contribution in [0.15, 0.2) is 6.07 Å². The van der Waals surface area contributed by atoms with E-state index < -0.39 is 0 Å². The van der Waals surface area contributed by atoms with Crippen LogP contribution in [0.25, 0.3) is 0 Å². The number of aliphatic hydroxyl groups is 1. The lowest BCUT2D eigenvalue weighted by atomic mass is 9.95. The zero-order chi connectivity index (χ0) is 10.1. The Labute approximate surface area is 78.4 Å². The van der Waals surface area contributed by atoms with E-state index in [-0.39, 0.29) is 12.0 Å². The van der Waals surface area contributed by atoms with Crippen molar-refractivity contribution in [2.24, 2.45) is 5.41 Å². The minimum atomic E-state index is -0.150. The zero-order valence-electron chi connectivity index (χ0n) is 8.41. The quantitative estimate of drug-likeness (QED) is 0.728. The monoisotopic (exact) mass is 183 g/mol. The van der Waals surface area contributed by atoms with Crippen LogP contribution in [0.2, 0.25) is 0 Å². The summed E-state index contributed by atoms with van der Waals surface area (Å²) in [6.07, 6.45) is 0. The molecule has 0 aromatic carbocycles. The number of aliphatic hydroxyl groups excluding tert-OH is 1. The van der Waals surface area contributed by atoms with Crippen LogP contribution < -0.4 is 5.73 Å². The number of anilines is 1. The third kappa shape index (κ3) is 2.45. The molecule has 0 bridgehead atoms. The van der Waals surface area contributed by atoms with Crippen molar-refractivity contribution in [1.29, 1.82) is 0 Å². The van der Waals surface area contributed by atoms with Crippen molar-refractivity contribution in [3.63, 3.8) is 0 Å². The largest absolute Gasteiger partial charge is 0.396 e. The Morgan fingerprint density at radius 3 is 2.62 bits per heavy atom. The summed E-state index contributed by atoms with van der Waals surface area (Å²) in [6.45, 7) is 6.77. The summed E-state index contributed by atoms with van der Waals surface area (Å²) in [5.41, 5.74) is 6.42. The highest BCUT2D eigenvalue weighted by atomic mass is 16.3. The molecule has 4 nitrogen and oxygen atoms in total. The fraction of sp³-hybridized carbons (Fsp3) is 0.667. The summed E-state index contributed by atoms with van der Waals surface area (Å²) in [4.78, 5) is 0. The van der Waals surface area contributed by atoms with E-state index in [9.17, 15) is 0 Å². The number of nitrogens with zero attached hydrogens (tertiary/aromatic N) is 2. The smallest absolute Gasteiger partial charge is 0.145 e. The molecule has 4 heteroatoms. The molecule has 13 heavy (non-hydrogen) atoms. The molecule has 0 radical (unpaired) electrons. The Morgan fingerprint density at radius 1 is 1.62 bits per heavy atom. The van der Waals surface area contributed by atoms with Gasteiger partial charge in [0.25, 0.3) is 0 Å². The molecule has 0 spiro atoms. The van der Waals surface area contributed by atoms with Crippen LogP contribution >= 0.6 is 0 Å². The summed E-state index contributed by atoms with van der Waals surface area (Å²) in [6, 6.07) is 1.83. The number of rotatable bonds is 3. The van der Waals surface area contributed by atoms with Gasteiger partial charge in [0.1, 0.15) is 5.82 Å². The molecule has 0 saturated heterocycles. The summed E-state index contributed by atoms with van der Waals surface area (Å²) in [5.74, 6) is 0.534. The lowest BCUT2D eigenvalue weighted by Crippen LogP contribution is -2.25. The summed E-state index contributed by atoms with van der Waals surface area (Å²) in [7, 11) is 0. The molecule has 1 heterocycles. The Kier molecular flexibility index (Phi) is 2.61. The summed E-state index contributed by atoms with van der Waals surface area (Å²) < 4.78 is 1.82. The molecule has 74 valence electrons. The molecule has 1 aromatic heterocycles. The minimum Gasteiger partial charge on any atom is -0.396 e. The van der Waals surface area contributed by atoms with Gasteiger partial charge < -0.3 is 10.8 Å². The molecule has 0 atom stereocenters. The van der Waals surface area contributed by atoms with E-state index in [0.717, 1.165) is 5.69 Å². The van der Waals surface area contributed by atoms with Crippen molar-refractivity contribution < 1.29 is 5.11 Å². The minimum absolute atomic E-state index is 0.145. The van der Waals surface area contributed by atoms with Crippen molar-refractivity contribution in [3.8, 4) is 0 Å². The normalized spacial score (nSPS) is 12.0. The van der Waals surface area contributed by atoms with Crippen molar-refractivity contribution >= 4 is 5.82 Å². The summed E-state index contributed by atoms with van der Waals surface area (Å²) in [5, 5.41) is 13.2. The fourth-order valence-electron chi connectivity index (χ4n) is 1.15. The molecular formula is C9H17N3O. The lowest BCUT2D eigenvalue weighted by Gasteiger charge is -2.21. The van der Waals surface area contributed by atoms with Crippen LogP contribution in [0.3, 0.4) is 0 Å². The predicted octanol–water partition coefficient (Wildman–Crippen LogP) is 0.792. The first-order valence-corrected chi connectivity index (χ1v) is 4.35. The first kappa shape index (κ1) is 10.1. The second kappa shape index (κ2) is 3.38. The molecule has 0 amide bonds. The van der Waals surface area contributed by atoms with Crippen LogP contribution in [0.5, 0.6) is 0 Å². The number of hydrogen-bond donors (Lipinski definition) is 2. The topological polar surface area (TPSA) is 64.1 Å². The van der Waals surface area contributed by atoms with Crippen LogP contribution in [0.4, 0.5) is 5.82 Å². The molecule has 1 rings (SSSR count). The molecule has 0 aliphatic rings. The van der Waals surface area contributed by atoms with Crippen molar-refractivity contribution in [2.45, 2.75) is 27.3 Å².